The first-order valence-electron chi connectivity index (χ1n) is 11.2. The molecule has 2 aromatic carbocycles. The summed E-state index contributed by atoms with van der Waals surface area (Å²) in [6.45, 7) is 0. The maximum Gasteiger partial charge on any atom is 0.324 e. The van der Waals surface area contributed by atoms with Crippen molar-refractivity contribution >= 4 is 22.0 Å². The summed E-state index contributed by atoms with van der Waals surface area (Å²) in [5.41, 5.74) is 4.91. The number of ether oxygens (including phenoxy) is 2. The number of hydrogen-bond donors (Lipinski definition) is 3. The predicted octanol–water partition coefficient (Wildman–Crippen LogP) is 5.11. The molecule has 1 fully saturated rings. The Labute approximate surface area is 210 Å². The summed E-state index contributed by atoms with van der Waals surface area (Å²) in [5, 5.41) is 36.1. The zero-order valence-corrected chi connectivity index (χ0v) is 20.3. The van der Waals surface area contributed by atoms with Gasteiger partial charge < -0.3 is 14.6 Å². The quantitative estimate of drug-likeness (QED) is 0.228. The van der Waals surface area contributed by atoms with Gasteiger partial charge in [-0.1, -0.05) is 35.6 Å². The van der Waals surface area contributed by atoms with Crippen molar-refractivity contribution in [3.8, 4) is 11.5 Å². The normalized spacial score (nSPS) is 21.9. The number of thiophene rings is 1. The molecule has 0 amide bonds. The van der Waals surface area contributed by atoms with Gasteiger partial charge in [0.1, 0.15) is 6.17 Å². The van der Waals surface area contributed by atoms with Crippen LogP contribution in [0.2, 0.25) is 0 Å². The molecule has 3 heterocycles. The molecule has 11 nitrogen and oxygen atoms in total. The molecule has 0 radical (unpaired) electrons. The number of hydrogen-bond acceptors (Lipinski definition) is 11. The summed E-state index contributed by atoms with van der Waals surface area (Å²) in [5.74, 6) is 1.06. The minimum atomic E-state index is -0.546. The van der Waals surface area contributed by atoms with Gasteiger partial charge in [0.2, 0.25) is 5.88 Å². The van der Waals surface area contributed by atoms with Crippen molar-refractivity contribution in [3.05, 3.63) is 92.8 Å². The van der Waals surface area contributed by atoms with E-state index in [0.717, 1.165) is 21.8 Å². The standard InChI is InChI=1S/C24H24N6O5S/c1-34-18-9-8-14(12-19(18)35-2)17-13-16(20-10-11-21(36-20)30(32)33)25-23-22(24(31)28-29(17)23)27-26-15-6-4-3-5-7-15/h3-12,16-17,23,25,28,31H,13H2,1-2H3. The summed E-state index contributed by atoms with van der Waals surface area (Å²) in [6, 6.07) is 17.7. The third kappa shape index (κ3) is 4.49. The average Bonchev–Trinajstić information content (AvgIpc) is 3.52. The van der Waals surface area contributed by atoms with Crippen LogP contribution in [0.15, 0.2) is 82.5 Å². The highest BCUT2D eigenvalue weighted by Gasteiger charge is 2.45. The number of methoxy groups -OCH3 is 2. The van der Waals surface area contributed by atoms with Gasteiger partial charge in [0.15, 0.2) is 17.2 Å². The van der Waals surface area contributed by atoms with Gasteiger partial charge in [-0.05, 0) is 42.3 Å². The SMILES string of the molecule is COc1ccc(C2CC(c3ccc([N+](=O)[O-])s3)NC3C(N=Nc4ccccc4)=C(O)NN32)cc1OC. The van der Waals surface area contributed by atoms with Crippen LogP contribution in [0.5, 0.6) is 11.5 Å². The first-order chi connectivity index (χ1) is 17.5. The first kappa shape index (κ1) is 23.7. The van der Waals surface area contributed by atoms with Crippen LogP contribution in [-0.2, 0) is 0 Å². The van der Waals surface area contributed by atoms with Crippen molar-refractivity contribution in [2.24, 2.45) is 10.2 Å². The van der Waals surface area contributed by atoms with Crippen molar-refractivity contribution in [1.82, 2.24) is 15.8 Å². The minimum Gasteiger partial charge on any atom is -0.493 e. The van der Waals surface area contributed by atoms with E-state index in [1.165, 1.54) is 6.07 Å². The van der Waals surface area contributed by atoms with Crippen molar-refractivity contribution in [2.75, 3.05) is 14.2 Å². The summed E-state index contributed by atoms with van der Waals surface area (Å²) < 4.78 is 10.9. The van der Waals surface area contributed by atoms with Crippen LogP contribution in [0, 0.1) is 10.1 Å². The average molecular weight is 509 g/mol. The molecule has 3 N–H and O–H groups in total. The zero-order valence-electron chi connectivity index (χ0n) is 19.5. The molecule has 0 bridgehead atoms. The Morgan fingerprint density at radius 3 is 2.56 bits per heavy atom. The van der Waals surface area contributed by atoms with E-state index in [4.69, 9.17) is 9.47 Å². The fourth-order valence-corrected chi connectivity index (χ4v) is 5.30. The molecule has 3 unspecified atom stereocenters. The Kier molecular flexibility index (Phi) is 6.55. The molecule has 0 saturated carbocycles. The van der Waals surface area contributed by atoms with Gasteiger partial charge in [-0.25, -0.2) is 0 Å². The van der Waals surface area contributed by atoms with E-state index in [9.17, 15) is 15.2 Å². The van der Waals surface area contributed by atoms with Crippen molar-refractivity contribution in [3.63, 3.8) is 0 Å². The first-order valence-corrected chi connectivity index (χ1v) is 12.0. The minimum absolute atomic E-state index is 0.0730. The molecule has 2 aliphatic heterocycles. The molecule has 2 aliphatic rings. The maximum atomic E-state index is 11.3. The van der Waals surface area contributed by atoms with Gasteiger partial charge in [-0.3, -0.25) is 20.9 Å². The lowest BCUT2D eigenvalue weighted by molar-refractivity contribution is -0.380. The van der Waals surface area contributed by atoms with Crippen LogP contribution < -0.4 is 20.2 Å². The van der Waals surface area contributed by atoms with E-state index in [-0.39, 0.29) is 23.0 Å². The lowest BCUT2D eigenvalue weighted by Gasteiger charge is -2.42. The number of aliphatic hydroxyl groups excluding tert-OH is 1. The molecule has 0 spiro atoms. The van der Waals surface area contributed by atoms with E-state index >= 15 is 0 Å². The molecular weight excluding hydrogens is 484 g/mol. The molecular formula is C24H24N6O5S. The Hall–Kier alpha value is -4.00. The Bertz CT molecular complexity index is 1330. The van der Waals surface area contributed by atoms with Crippen LogP contribution in [0.4, 0.5) is 10.7 Å². The van der Waals surface area contributed by atoms with Crippen LogP contribution >= 0.6 is 11.3 Å². The second kappa shape index (κ2) is 9.93. The molecule has 1 aromatic heterocycles. The summed E-state index contributed by atoms with van der Waals surface area (Å²) in [4.78, 5) is 11.7. The van der Waals surface area contributed by atoms with E-state index in [1.54, 1.807) is 20.3 Å². The van der Waals surface area contributed by atoms with Crippen molar-refractivity contribution in [1.29, 1.82) is 0 Å². The van der Waals surface area contributed by atoms with E-state index in [0.29, 0.717) is 29.3 Å². The topological polar surface area (TPSA) is 134 Å². The lowest BCUT2D eigenvalue weighted by atomic mass is 9.94. The molecule has 3 aromatic rings. The van der Waals surface area contributed by atoms with Crippen LogP contribution in [-0.4, -0.2) is 35.4 Å². The second-order valence-corrected chi connectivity index (χ2v) is 9.30. The van der Waals surface area contributed by atoms with Gasteiger partial charge in [-0.2, -0.15) is 10.1 Å². The van der Waals surface area contributed by atoms with Crippen LogP contribution in [0.3, 0.4) is 0 Å². The van der Waals surface area contributed by atoms with Crippen LogP contribution in [0.1, 0.15) is 28.9 Å². The summed E-state index contributed by atoms with van der Waals surface area (Å²) >= 11 is 1.13. The second-order valence-electron chi connectivity index (χ2n) is 8.21. The van der Waals surface area contributed by atoms with Gasteiger partial charge in [-0.15, -0.1) is 5.11 Å². The Morgan fingerprint density at radius 1 is 1.08 bits per heavy atom. The molecule has 186 valence electrons. The molecule has 0 aliphatic carbocycles. The number of nitrogens with zero attached hydrogens (tertiary/aromatic N) is 4. The number of aliphatic hydroxyl groups is 1. The van der Waals surface area contributed by atoms with Crippen molar-refractivity contribution < 1.29 is 19.5 Å². The fourth-order valence-electron chi connectivity index (χ4n) is 4.41. The highest BCUT2D eigenvalue weighted by molar-refractivity contribution is 7.15. The predicted molar refractivity (Wildman–Crippen MR) is 133 cm³/mol. The van der Waals surface area contributed by atoms with E-state index in [1.807, 2.05) is 53.5 Å². The number of benzene rings is 2. The smallest absolute Gasteiger partial charge is 0.324 e. The number of rotatable bonds is 7. The zero-order chi connectivity index (χ0) is 25.2. The van der Waals surface area contributed by atoms with Gasteiger partial charge in [0.25, 0.3) is 0 Å². The monoisotopic (exact) mass is 508 g/mol. The van der Waals surface area contributed by atoms with E-state index < -0.39 is 11.1 Å². The van der Waals surface area contributed by atoms with Gasteiger partial charge in [0.05, 0.1) is 30.9 Å². The highest BCUT2D eigenvalue weighted by Crippen LogP contribution is 2.44. The maximum absolute atomic E-state index is 11.3. The number of fused-ring (bicyclic) bond motifs is 1. The number of hydrazine groups is 1. The molecule has 36 heavy (non-hydrogen) atoms. The largest absolute Gasteiger partial charge is 0.493 e. The molecule has 3 atom stereocenters. The number of nitro groups is 1. The number of azo groups is 1. The Morgan fingerprint density at radius 2 is 1.86 bits per heavy atom. The van der Waals surface area contributed by atoms with Gasteiger partial charge in [0, 0.05) is 17.0 Å². The lowest BCUT2D eigenvalue weighted by Crippen LogP contribution is -2.55. The summed E-state index contributed by atoms with van der Waals surface area (Å²) in [7, 11) is 3.15. The molecule has 12 heteroatoms. The van der Waals surface area contributed by atoms with Crippen LogP contribution in [0.25, 0.3) is 0 Å². The van der Waals surface area contributed by atoms with Crippen molar-refractivity contribution in [2.45, 2.75) is 24.7 Å². The number of nitrogens with one attached hydrogen (secondary N) is 2. The third-order valence-electron chi connectivity index (χ3n) is 6.13. The summed E-state index contributed by atoms with van der Waals surface area (Å²) in [6.07, 6.45) is 0.0167. The third-order valence-corrected chi connectivity index (χ3v) is 7.28. The Balaban J connectivity index is 1.52. The van der Waals surface area contributed by atoms with E-state index in [2.05, 4.69) is 21.0 Å². The van der Waals surface area contributed by atoms with Gasteiger partial charge >= 0.3 is 5.00 Å². The fraction of sp³-hybridized carbons (Fsp3) is 0.250. The molecule has 1 saturated heterocycles. The molecule has 5 rings (SSSR count). The highest BCUT2D eigenvalue weighted by atomic mass is 32.1.